The van der Waals surface area contributed by atoms with Crippen LogP contribution in [0.5, 0.6) is 5.75 Å². The van der Waals surface area contributed by atoms with Gasteiger partial charge in [0.05, 0.1) is 13.0 Å². The van der Waals surface area contributed by atoms with Crippen LogP contribution in [0.3, 0.4) is 0 Å². The van der Waals surface area contributed by atoms with Crippen LogP contribution in [-0.4, -0.2) is 44.9 Å². The van der Waals surface area contributed by atoms with Gasteiger partial charge in [-0.1, -0.05) is 23.9 Å². The molecule has 1 amide bonds. The summed E-state index contributed by atoms with van der Waals surface area (Å²) in [7, 11) is 0. The zero-order chi connectivity index (χ0) is 20.1. The van der Waals surface area contributed by atoms with E-state index in [9.17, 15) is 4.79 Å². The van der Waals surface area contributed by atoms with Gasteiger partial charge in [-0.15, -0.1) is 5.10 Å². The van der Waals surface area contributed by atoms with E-state index in [1.54, 1.807) is 4.52 Å². The Morgan fingerprint density at radius 1 is 1.25 bits per heavy atom. The summed E-state index contributed by atoms with van der Waals surface area (Å²) in [5.74, 6) is 1.39. The molecule has 1 aromatic carbocycles. The average molecular weight is 400 g/mol. The van der Waals surface area contributed by atoms with Gasteiger partial charge in [-0.05, 0) is 51.1 Å². The molecule has 0 bridgehead atoms. The number of aromatic nitrogens is 4. The first kappa shape index (κ1) is 20.1. The van der Waals surface area contributed by atoms with Crippen LogP contribution in [0.15, 0.2) is 29.4 Å². The SMILES string of the molecule is CSc1nc2nc(C)c(CC(=O)NCCCOc3cccc(C)c3)c(C)n2n1. The molecule has 0 saturated carbocycles. The summed E-state index contributed by atoms with van der Waals surface area (Å²) in [6, 6.07) is 7.94. The predicted octanol–water partition coefficient (Wildman–Crippen LogP) is 2.90. The highest BCUT2D eigenvalue weighted by Gasteiger charge is 2.15. The maximum atomic E-state index is 12.4. The largest absolute Gasteiger partial charge is 0.494 e. The Hall–Kier alpha value is -2.61. The molecule has 148 valence electrons. The quantitative estimate of drug-likeness (QED) is 0.463. The van der Waals surface area contributed by atoms with Crippen LogP contribution in [0.2, 0.25) is 0 Å². The zero-order valence-electron chi connectivity index (χ0n) is 16.7. The van der Waals surface area contributed by atoms with Crippen molar-refractivity contribution in [2.75, 3.05) is 19.4 Å². The van der Waals surface area contributed by atoms with E-state index in [0.29, 0.717) is 24.1 Å². The molecule has 7 nitrogen and oxygen atoms in total. The van der Waals surface area contributed by atoms with E-state index >= 15 is 0 Å². The number of carbonyl (C=O) groups excluding carboxylic acids is 1. The number of nitrogens with zero attached hydrogens (tertiary/aromatic N) is 4. The van der Waals surface area contributed by atoms with Crippen molar-refractivity contribution in [3.8, 4) is 5.75 Å². The lowest BCUT2D eigenvalue weighted by atomic mass is 10.1. The summed E-state index contributed by atoms with van der Waals surface area (Å²) in [4.78, 5) is 21.2. The maximum Gasteiger partial charge on any atom is 0.253 e. The highest BCUT2D eigenvalue weighted by molar-refractivity contribution is 7.98. The van der Waals surface area contributed by atoms with E-state index in [0.717, 1.165) is 29.1 Å². The van der Waals surface area contributed by atoms with Crippen molar-refractivity contribution in [2.45, 2.75) is 38.8 Å². The molecule has 0 aliphatic heterocycles. The van der Waals surface area contributed by atoms with Crippen LogP contribution >= 0.6 is 11.8 Å². The predicted molar refractivity (Wildman–Crippen MR) is 110 cm³/mol. The molecule has 0 unspecified atom stereocenters. The molecule has 3 rings (SSSR count). The first-order valence-electron chi connectivity index (χ1n) is 9.21. The number of thioether (sulfide) groups is 1. The molecule has 0 radical (unpaired) electrons. The van der Waals surface area contributed by atoms with Crippen LogP contribution in [0.25, 0.3) is 5.78 Å². The van der Waals surface area contributed by atoms with Gasteiger partial charge in [-0.2, -0.15) is 4.98 Å². The van der Waals surface area contributed by atoms with Gasteiger partial charge in [0.2, 0.25) is 11.1 Å². The average Bonchev–Trinajstić information content (AvgIpc) is 3.08. The summed E-state index contributed by atoms with van der Waals surface area (Å²) >= 11 is 1.47. The molecule has 0 fully saturated rings. The number of hydrogen-bond acceptors (Lipinski definition) is 6. The Bertz CT molecular complexity index is 986. The number of hydrogen-bond donors (Lipinski definition) is 1. The van der Waals surface area contributed by atoms with E-state index in [2.05, 4.69) is 20.4 Å². The normalized spacial score (nSPS) is 11.0. The fraction of sp³-hybridized carbons (Fsp3) is 0.400. The molecule has 0 saturated heterocycles. The summed E-state index contributed by atoms with van der Waals surface area (Å²) in [5, 5.41) is 8.04. The second kappa shape index (κ2) is 9.05. The number of nitrogens with one attached hydrogen (secondary N) is 1. The van der Waals surface area contributed by atoms with Crippen molar-refractivity contribution in [1.29, 1.82) is 0 Å². The molecule has 2 heterocycles. The number of aryl methyl sites for hydroxylation is 3. The van der Waals surface area contributed by atoms with E-state index < -0.39 is 0 Å². The lowest BCUT2D eigenvalue weighted by molar-refractivity contribution is -0.120. The van der Waals surface area contributed by atoms with Crippen molar-refractivity contribution in [2.24, 2.45) is 0 Å². The molecule has 0 spiro atoms. The fourth-order valence-electron chi connectivity index (χ4n) is 2.95. The van der Waals surface area contributed by atoms with Crippen molar-refractivity contribution in [3.63, 3.8) is 0 Å². The van der Waals surface area contributed by atoms with Crippen molar-refractivity contribution >= 4 is 23.4 Å². The van der Waals surface area contributed by atoms with Gasteiger partial charge in [-0.3, -0.25) is 4.79 Å². The molecule has 2 aromatic heterocycles. The van der Waals surface area contributed by atoms with Crippen LogP contribution in [0.4, 0.5) is 0 Å². The monoisotopic (exact) mass is 399 g/mol. The van der Waals surface area contributed by atoms with Crippen molar-refractivity contribution in [1.82, 2.24) is 24.9 Å². The third kappa shape index (κ3) is 4.81. The molecule has 0 atom stereocenters. The Kier molecular flexibility index (Phi) is 6.51. The third-order valence-corrected chi connectivity index (χ3v) is 4.99. The minimum absolute atomic E-state index is 0.0342. The second-order valence-electron chi connectivity index (χ2n) is 6.62. The number of fused-ring (bicyclic) bond motifs is 1. The summed E-state index contributed by atoms with van der Waals surface area (Å²) in [6.45, 7) is 7.01. The first-order chi connectivity index (χ1) is 13.5. The molecule has 8 heteroatoms. The number of rotatable bonds is 8. The van der Waals surface area contributed by atoms with Crippen LogP contribution < -0.4 is 10.1 Å². The van der Waals surface area contributed by atoms with Crippen molar-refractivity contribution in [3.05, 3.63) is 46.8 Å². The van der Waals surface area contributed by atoms with Gasteiger partial charge >= 0.3 is 0 Å². The highest BCUT2D eigenvalue weighted by atomic mass is 32.2. The number of ether oxygens (including phenoxy) is 1. The van der Waals surface area contributed by atoms with Crippen LogP contribution in [-0.2, 0) is 11.2 Å². The fourth-order valence-corrected chi connectivity index (χ4v) is 3.29. The molecule has 3 aromatic rings. The minimum atomic E-state index is -0.0342. The maximum absolute atomic E-state index is 12.4. The van der Waals surface area contributed by atoms with Gasteiger partial charge in [0.15, 0.2) is 0 Å². The van der Waals surface area contributed by atoms with E-state index in [4.69, 9.17) is 4.74 Å². The Morgan fingerprint density at radius 3 is 2.82 bits per heavy atom. The van der Waals surface area contributed by atoms with Crippen LogP contribution in [0.1, 0.15) is 28.9 Å². The van der Waals surface area contributed by atoms with E-state index in [1.165, 1.54) is 17.3 Å². The van der Waals surface area contributed by atoms with Crippen molar-refractivity contribution < 1.29 is 9.53 Å². The third-order valence-electron chi connectivity index (χ3n) is 4.45. The molecule has 1 N–H and O–H groups in total. The Balaban J connectivity index is 1.52. The number of benzene rings is 1. The van der Waals surface area contributed by atoms with E-state index in [1.807, 2.05) is 51.3 Å². The van der Waals surface area contributed by atoms with Gasteiger partial charge in [-0.25, -0.2) is 9.50 Å². The summed E-state index contributed by atoms with van der Waals surface area (Å²) < 4.78 is 7.41. The minimum Gasteiger partial charge on any atom is -0.494 e. The number of carbonyl (C=O) groups is 1. The Morgan fingerprint density at radius 2 is 2.07 bits per heavy atom. The van der Waals surface area contributed by atoms with E-state index in [-0.39, 0.29) is 12.3 Å². The lowest BCUT2D eigenvalue weighted by Gasteiger charge is -2.11. The standard InChI is InChI=1S/C20H25N5O2S/c1-13-7-5-8-16(11-13)27-10-6-9-21-18(26)12-17-14(2)22-19-23-20(28-4)24-25(19)15(17)3/h5,7-8,11H,6,9-10,12H2,1-4H3,(H,21,26). The van der Waals surface area contributed by atoms with Gasteiger partial charge < -0.3 is 10.1 Å². The smallest absolute Gasteiger partial charge is 0.253 e. The zero-order valence-corrected chi connectivity index (χ0v) is 17.5. The van der Waals surface area contributed by atoms with Crippen LogP contribution in [0, 0.1) is 20.8 Å². The Labute approximate surface area is 168 Å². The second-order valence-corrected chi connectivity index (χ2v) is 7.39. The first-order valence-corrected chi connectivity index (χ1v) is 10.4. The number of amides is 1. The molecule has 28 heavy (non-hydrogen) atoms. The lowest BCUT2D eigenvalue weighted by Crippen LogP contribution is -2.28. The molecule has 0 aliphatic carbocycles. The molecular weight excluding hydrogens is 374 g/mol. The van der Waals surface area contributed by atoms with Gasteiger partial charge in [0.1, 0.15) is 5.75 Å². The summed E-state index contributed by atoms with van der Waals surface area (Å²) in [6.07, 6.45) is 2.94. The van der Waals surface area contributed by atoms with Gasteiger partial charge in [0.25, 0.3) is 5.78 Å². The van der Waals surface area contributed by atoms with Gasteiger partial charge in [0, 0.05) is 23.5 Å². The molecular formula is C20H25N5O2S. The summed E-state index contributed by atoms with van der Waals surface area (Å²) in [5.41, 5.74) is 3.76. The topological polar surface area (TPSA) is 81.4 Å². The highest BCUT2D eigenvalue weighted by Crippen LogP contribution is 2.17. The molecule has 0 aliphatic rings.